The fourth-order valence-electron chi connectivity index (χ4n) is 7.23. The topological polar surface area (TPSA) is 78.9 Å². The fraction of sp³-hybridized carbons (Fsp3) is 0.567. The number of esters is 3. The molecule has 6 heteroatoms. The third-order valence-corrected chi connectivity index (χ3v) is 11.5. The summed E-state index contributed by atoms with van der Waals surface area (Å²) in [6.45, 7) is 6.28. The van der Waals surface area contributed by atoms with Crippen molar-refractivity contribution in [2.24, 2.45) is 0 Å². The molecule has 408 valence electrons. The average Bonchev–Trinajstić information content (AvgIpc) is 3.39. The number of allylic oxidation sites excluding steroid dienone is 26. The van der Waals surface area contributed by atoms with Crippen molar-refractivity contribution in [3.05, 3.63) is 158 Å². The Kier molecular flexibility index (Phi) is 55.5. The third kappa shape index (κ3) is 57.8. The molecule has 73 heavy (non-hydrogen) atoms. The predicted octanol–water partition coefficient (Wildman–Crippen LogP) is 19.8. The second-order valence-corrected chi connectivity index (χ2v) is 18.4. The number of carbonyl (C=O) groups is 3. The van der Waals surface area contributed by atoms with Crippen LogP contribution in [0.5, 0.6) is 0 Å². The molecule has 0 heterocycles. The van der Waals surface area contributed by atoms with Crippen molar-refractivity contribution in [3.8, 4) is 0 Å². The van der Waals surface area contributed by atoms with E-state index in [-0.39, 0.29) is 38.0 Å². The zero-order chi connectivity index (χ0) is 52.9. The SMILES string of the molecule is CC/C=C\C/C=C\C/C=C\C/C=C\C/C=C\C/C=C\CCCCC(=O)OCC(COC(=O)CCCCCCC/C=C\CCCCCCCC)OC(=O)CC/C=C\C/C=C\C/C=C\C/C=C\C/C=C\C/C=C\CC. The highest BCUT2D eigenvalue weighted by Crippen LogP contribution is 2.12. The molecule has 0 N–H and O–H groups in total. The summed E-state index contributed by atoms with van der Waals surface area (Å²) >= 11 is 0. The molecule has 0 fully saturated rings. The van der Waals surface area contributed by atoms with Crippen molar-refractivity contribution in [3.63, 3.8) is 0 Å². The van der Waals surface area contributed by atoms with Gasteiger partial charge in [0.25, 0.3) is 0 Å². The first-order chi connectivity index (χ1) is 36.0. The second kappa shape index (κ2) is 59.6. The molecule has 0 aliphatic heterocycles. The van der Waals surface area contributed by atoms with Crippen molar-refractivity contribution in [1.29, 1.82) is 0 Å². The van der Waals surface area contributed by atoms with Crippen LogP contribution in [0.25, 0.3) is 0 Å². The first-order valence-electron chi connectivity index (χ1n) is 29.0. The Morgan fingerprint density at radius 1 is 0.288 bits per heavy atom. The number of hydrogen-bond donors (Lipinski definition) is 0. The Balaban J connectivity index is 4.62. The Morgan fingerprint density at radius 2 is 0.562 bits per heavy atom. The van der Waals surface area contributed by atoms with E-state index in [9.17, 15) is 14.4 Å². The van der Waals surface area contributed by atoms with E-state index in [4.69, 9.17) is 14.2 Å². The lowest BCUT2D eigenvalue weighted by atomic mass is 10.1. The Hall–Kier alpha value is -4.97. The van der Waals surface area contributed by atoms with Crippen molar-refractivity contribution >= 4 is 17.9 Å². The minimum Gasteiger partial charge on any atom is -0.462 e. The van der Waals surface area contributed by atoms with Gasteiger partial charge < -0.3 is 14.2 Å². The van der Waals surface area contributed by atoms with E-state index in [1.165, 1.54) is 51.4 Å². The van der Waals surface area contributed by atoms with E-state index in [2.05, 4.69) is 167 Å². The summed E-state index contributed by atoms with van der Waals surface area (Å²) in [6.07, 6.45) is 86.7. The molecule has 0 spiro atoms. The molecular formula is C67H104O6. The molecule has 0 amide bonds. The van der Waals surface area contributed by atoms with Crippen LogP contribution in [-0.2, 0) is 28.6 Å². The Morgan fingerprint density at radius 3 is 0.932 bits per heavy atom. The first kappa shape index (κ1) is 68.0. The van der Waals surface area contributed by atoms with Crippen molar-refractivity contribution < 1.29 is 28.6 Å². The lowest BCUT2D eigenvalue weighted by Gasteiger charge is -2.18. The van der Waals surface area contributed by atoms with Crippen LogP contribution in [0.4, 0.5) is 0 Å². The van der Waals surface area contributed by atoms with Gasteiger partial charge in [-0.15, -0.1) is 0 Å². The van der Waals surface area contributed by atoms with E-state index < -0.39 is 12.1 Å². The highest BCUT2D eigenvalue weighted by Gasteiger charge is 2.19. The standard InChI is InChI=1S/C67H104O6/c1-4-7-10-13-16-19-22-25-28-30-32-33-35-36-39-42-45-48-51-54-57-60-66(69)72-63-64(62-71-65(68)59-56-53-50-47-44-41-38-27-24-21-18-15-12-9-6-3)73-67(70)61-58-55-52-49-46-43-40-37-34-31-29-26-23-20-17-14-11-8-5-2/h7-8,10-11,16-17,19-20,25-29,32-34,36-39,43,45-46,48,52,55,64H,4-6,9,12-15,18,21-24,30-31,35,40-42,44,47,49-51,53-54,56-63H2,1-3H3/b10-7-,11-8-,19-16-,20-17-,28-25-,29-26-,33-32-,37-34-,38-27-,39-36-,46-43-,48-45-,55-52-. The van der Waals surface area contributed by atoms with Crippen LogP contribution in [0.2, 0.25) is 0 Å². The summed E-state index contributed by atoms with van der Waals surface area (Å²) in [5.41, 5.74) is 0. The van der Waals surface area contributed by atoms with Gasteiger partial charge in [-0.05, 0) is 135 Å². The van der Waals surface area contributed by atoms with Crippen LogP contribution in [0.15, 0.2) is 158 Å². The molecule has 0 aromatic heterocycles. The first-order valence-corrected chi connectivity index (χ1v) is 29.0. The summed E-state index contributed by atoms with van der Waals surface area (Å²) in [7, 11) is 0. The lowest BCUT2D eigenvalue weighted by molar-refractivity contribution is -0.166. The molecule has 0 saturated carbocycles. The van der Waals surface area contributed by atoms with Crippen molar-refractivity contribution in [1.82, 2.24) is 0 Å². The molecule has 0 aromatic carbocycles. The quantitative estimate of drug-likeness (QED) is 0.0261. The normalized spacial score (nSPS) is 13.3. The largest absolute Gasteiger partial charge is 0.462 e. The van der Waals surface area contributed by atoms with Gasteiger partial charge in [0.15, 0.2) is 6.10 Å². The molecule has 0 aromatic rings. The Labute approximate surface area is 448 Å². The van der Waals surface area contributed by atoms with Crippen LogP contribution in [0, 0.1) is 0 Å². The molecule has 0 bridgehead atoms. The molecule has 6 nitrogen and oxygen atoms in total. The zero-order valence-corrected chi connectivity index (χ0v) is 46.6. The average molecular weight is 1010 g/mol. The minimum absolute atomic E-state index is 0.133. The van der Waals surface area contributed by atoms with Crippen molar-refractivity contribution in [2.45, 2.75) is 232 Å². The summed E-state index contributed by atoms with van der Waals surface area (Å²) in [5, 5.41) is 0. The third-order valence-electron chi connectivity index (χ3n) is 11.5. The summed E-state index contributed by atoms with van der Waals surface area (Å²) in [4.78, 5) is 38.2. The van der Waals surface area contributed by atoms with E-state index in [0.717, 1.165) is 122 Å². The van der Waals surface area contributed by atoms with Gasteiger partial charge >= 0.3 is 17.9 Å². The van der Waals surface area contributed by atoms with Crippen LogP contribution in [0.3, 0.4) is 0 Å². The van der Waals surface area contributed by atoms with Gasteiger partial charge in [0, 0.05) is 19.3 Å². The summed E-state index contributed by atoms with van der Waals surface area (Å²) in [6, 6.07) is 0. The highest BCUT2D eigenvalue weighted by molar-refractivity contribution is 5.71. The molecule has 0 saturated heterocycles. The maximum Gasteiger partial charge on any atom is 0.306 e. The van der Waals surface area contributed by atoms with Crippen LogP contribution >= 0.6 is 0 Å². The van der Waals surface area contributed by atoms with E-state index in [1.54, 1.807) is 0 Å². The second-order valence-electron chi connectivity index (χ2n) is 18.4. The summed E-state index contributed by atoms with van der Waals surface area (Å²) in [5.74, 6) is -1.08. The molecule has 1 atom stereocenters. The van der Waals surface area contributed by atoms with Gasteiger partial charge in [-0.1, -0.05) is 230 Å². The van der Waals surface area contributed by atoms with Crippen LogP contribution in [-0.4, -0.2) is 37.2 Å². The monoisotopic (exact) mass is 1000 g/mol. The fourth-order valence-corrected chi connectivity index (χ4v) is 7.23. The molecule has 0 aliphatic carbocycles. The lowest BCUT2D eigenvalue weighted by Crippen LogP contribution is -2.30. The predicted molar refractivity (Wildman–Crippen MR) is 315 cm³/mol. The van der Waals surface area contributed by atoms with Crippen molar-refractivity contribution in [2.75, 3.05) is 13.2 Å². The van der Waals surface area contributed by atoms with E-state index >= 15 is 0 Å². The van der Waals surface area contributed by atoms with Gasteiger partial charge in [0.05, 0.1) is 0 Å². The summed E-state index contributed by atoms with van der Waals surface area (Å²) < 4.78 is 16.7. The number of hydrogen-bond acceptors (Lipinski definition) is 6. The molecule has 1 unspecified atom stereocenters. The van der Waals surface area contributed by atoms with E-state index in [1.807, 2.05) is 12.2 Å². The number of unbranched alkanes of at least 4 members (excludes halogenated alkanes) is 13. The van der Waals surface area contributed by atoms with Gasteiger partial charge in [0.2, 0.25) is 0 Å². The van der Waals surface area contributed by atoms with Gasteiger partial charge in [0.1, 0.15) is 13.2 Å². The number of ether oxygens (including phenoxy) is 3. The Bertz CT molecular complexity index is 1670. The number of rotatable bonds is 50. The van der Waals surface area contributed by atoms with Crippen LogP contribution in [0.1, 0.15) is 226 Å². The zero-order valence-electron chi connectivity index (χ0n) is 46.6. The molecule has 0 aliphatic rings. The molecule has 0 rings (SSSR count). The highest BCUT2D eigenvalue weighted by atomic mass is 16.6. The molecule has 0 radical (unpaired) electrons. The maximum absolute atomic E-state index is 12.8. The van der Waals surface area contributed by atoms with Gasteiger partial charge in [-0.3, -0.25) is 14.4 Å². The molecular weight excluding hydrogens is 901 g/mol. The smallest absolute Gasteiger partial charge is 0.306 e. The van der Waals surface area contributed by atoms with Gasteiger partial charge in [-0.25, -0.2) is 0 Å². The van der Waals surface area contributed by atoms with Gasteiger partial charge in [-0.2, -0.15) is 0 Å². The van der Waals surface area contributed by atoms with E-state index in [0.29, 0.717) is 19.3 Å². The minimum atomic E-state index is -0.848. The van der Waals surface area contributed by atoms with Crippen LogP contribution < -0.4 is 0 Å². The number of carbonyl (C=O) groups excluding carboxylic acids is 3. The maximum atomic E-state index is 12.8.